The fraction of sp³-hybridized carbons (Fsp3) is 0.500. The fourth-order valence-electron chi connectivity index (χ4n) is 0.610. The van der Waals surface area contributed by atoms with Gasteiger partial charge in [-0.05, 0) is 10.7 Å². The van der Waals surface area contributed by atoms with Crippen LogP contribution in [-0.4, -0.2) is 29.0 Å². The van der Waals surface area contributed by atoms with Crippen molar-refractivity contribution < 1.29 is 9.53 Å². The standard InChI is InChI=1S/C6H7ClN2O2S3/c1-11-4(10)2-3-12-5-8-9-6(13-5)14-7/h2-3H2,1H3. The van der Waals surface area contributed by atoms with Crippen LogP contribution in [0.2, 0.25) is 0 Å². The van der Waals surface area contributed by atoms with Crippen LogP contribution in [0.25, 0.3) is 0 Å². The molecule has 0 fully saturated rings. The molecular formula is C6H7ClN2O2S3. The first-order valence-corrected chi connectivity index (χ1v) is 7.02. The van der Waals surface area contributed by atoms with Gasteiger partial charge in [0.15, 0.2) is 8.68 Å². The van der Waals surface area contributed by atoms with Gasteiger partial charge in [-0.25, -0.2) is 0 Å². The van der Waals surface area contributed by atoms with E-state index in [4.69, 9.17) is 10.7 Å². The van der Waals surface area contributed by atoms with E-state index in [1.54, 1.807) is 0 Å². The van der Waals surface area contributed by atoms with Crippen LogP contribution in [-0.2, 0) is 9.53 Å². The van der Waals surface area contributed by atoms with Crippen LogP contribution in [0, 0.1) is 0 Å². The molecule has 0 aliphatic carbocycles. The first-order valence-electron chi connectivity index (χ1n) is 3.58. The van der Waals surface area contributed by atoms with Gasteiger partial charge in [-0.3, -0.25) is 4.79 Å². The highest BCUT2D eigenvalue weighted by atomic mass is 35.7. The van der Waals surface area contributed by atoms with Gasteiger partial charge < -0.3 is 4.74 Å². The van der Waals surface area contributed by atoms with Crippen molar-refractivity contribution in [3.63, 3.8) is 0 Å². The summed E-state index contributed by atoms with van der Waals surface area (Å²) in [5, 5.41) is 7.70. The van der Waals surface area contributed by atoms with Crippen LogP contribution in [0.5, 0.6) is 0 Å². The minimum absolute atomic E-state index is 0.214. The van der Waals surface area contributed by atoms with E-state index < -0.39 is 0 Å². The van der Waals surface area contributed by atoms with Gasteiger partial charge in [-0.2, -0.15) is 0 Å². The van der Waals surface area contributed by atoms with Gasteiger partial charge in [-0.15, -0.1) is 10.2 Å². The molecule has 0 unspecified atom stereocenters. The van der Waals surface area contributed by atoms with Crippen molar-refractivity contribution in [3.05, 3.63) is 0 Å². The minimum atomic E-state index is -0.214. The lowest BCUT2D eigenvalue weighted by Gasteiger charge is -1.95. The van der Waals surface area contributed by atoms with Crippen molar-refractivity contribution in [2.45, 2.75) is 15.1 Å². The molecule has 0 atom stereocenters. The number of carbonyl (C=O) groups excluding carboxylic acids is 1. The smallest absolute Gasteiger partial charge is 0.306 e. The molecule has 78 valence electrons. The van der Waals surface area contributed by atoms with E-state index in [0.717, 1.165) is 15.3 Å². The number of hydrogen-bond donors (Lipinski definition) is 0. The maximum absolute atomic E-state index is 10.8. The normalized spacial score (nSPS) is 10.1. The molecule has 0 aromatic carbocycles. The molecule has 1 rings (SSSR count). The zero-order valence-corrected chi connectivity index (χ0v) is 10.4. The maximum Gasteiger partial charge on any atom is 0.306 e. The number of rotatable bonds is 5. The SMILES string of the molecule is COC(=O)CCSc1nnc(SCl)s1. The third kappa shape index (κ3) is 4.04. The van der Waals surface area contributed by atoms with Gasteiger partial charge in [-0.1, -0.05) is 23.1 Å². The van der Waals surface area contributed by atoms with E-state index in [1.807, 2.05) is 0 Å². The number of hydrogen-bond acceptors (Lipinski definition) is 7. The molecule has 0 saturated carbocycles. The summed E-state index contributed by atoms with van der Waals surface area (Å²) in [4.78, 5) is 10.8. The third-order valence-corrected chi connectivity index (χ3v) is 4.49. The van der Waals surface area contributed by atoms with Crippen molar-refractivity contribution in [3.8, 4) is 0 Å². The van der Waals surface area contributed by atoms with Gasteiger partial charge in [0.1, 0.15) is 0 Å². The summed E-state index contributed by atoms with van der Waals surface area (Å²) in [5.41, 5.74) is 0. The highest BCUT2D eigenvalue weighted by molar-refractivity contribution is 8.22. The van der Waals surface area contributed by atoms with Gasteiger partial charge in [0.2, 0.25) is 0 Å². The lowest BCUT2D eigenvalue weighted by Crippen LogP contribution is -2.00. The quantitative estimate of drug-likeness (QED) is 0.605. The van der Waals surface area contributed by atoms with Gasteiger partial charge in [0, 0.05) is 16.7 Å². The molecule has 1 heterocycles. The topological polar surface area (TPSA) is 52.1 Å². The lowest BCUT2D eigenvalue weighted by atomic mass is 10.5. The Hall–Kier alpha value is 0.0200. The Morgan fingerprint density at radius 2 is 2.29 bits per heavy atom. The molecule has 4 nitrogen and oxygen atoms in total. The molecule has 0 spiro atoms. The van der Waals surface area contributed by atoms with Crippen LogP contribution >= 0.6 is 44.8 Å². The Morgan fingerprint density at radius 1 is 1.57 bits per heavy atom. The number of halogens is 1. The monoisotopic (exact) mass is 270 g/mol. The summed E-state index contributed by atoms with van der Waals surface area (Å²) in [5.74, 6) is 0.433. The molecule has 0 aliphatic heterocycles. The lowest BCUT2D eigenvalue weighted by molar-refractivity contribution is -0.140. The predicted octanol–water partition coefficient (Wildman–Crippen LogP) is 2.44. The second-order valence-electron chi connectivity index (χ2n) is 2.09. The highest BCUT2D eigenvalue weighted by Gasteiger charge is 2.06. The molecule has 8 heteroatoms. The number of carbonyl (C=O) groups is 1. The zero-order valence-electron chi connectivity index (χ0n) is 7.23. The van der Waals surface area contributed by atoms with E-state index in [2.05, 4.69) is 14.9 Å². The second kappa shape index (κ2) is 6.49. The number of methoxy groups -OCH3 is 1. The number of ether oxygens (including phenoxy) is 1. The Labute approximate surface area is 98.3 Å². The fourth-order valence-corrected chi connectivity index (χ4v) is 3.16. The van der Waals surface area contributed by atoms with Crippen LogP contribution < -0.4 is 0 Å². The van der Waals surface area contributed by atoms with Crippen molar-refractivity contribution in [1.82, 2.24) is 10.2 Å². The average molecular weight is 271 g/mol. The molecule has 0 N–H and O–H groups in total. The third-order valence-electron chi connectivity index (χ3n) is 1.21. The Morgan fingerprint density at radius 3 is 2.86 bits per heavy atom. The van der Waals surface area contributed by atoms with Crippen molar-refractivity contribution in [2.24, 2.45) is 0 Å². The van der Waals surface area contributed by atoms with Crippen molar-refractivity contribution in [1.29, 1.82) is 0 Å². The first kappa shape index (κ1) is 12.1. The average Bonchev–Trinajstić information content (AvgIpc) is 2.65. The van der Waals surface area contributed by atoms with Crippen molar-refractivity contribution >= 4 is 50.7 Å². The Bertz CT molecular complexity index is 307. The summed E-state index contributed by atoms with van der Waals surface area (Å²) < 4.78 is 6.04. The molecule has 0 radical (unpaired) electrons. The number of esters is 1. The summed E-state index contributed by atoms with van der Waals surface area (Å²) >= 11 is 2.88. The summed E-state index contributed by atoms with van der Waals surface area (Å²) in [7, 11) is 7.91. The van der Waals surface area contributed by atoms with Gasteiger partial charge in [0.05, 0.1) is 13.5 Å². The van der Waals surface area contributed by atoms with Crippen LogP contribution in [0.3, 0.4) is 0 Å². The first-order chi connectivity index (χ1) is 6.76. The van der Waals surface area contributed by atoms with E-state index in [-0.39, 0.29) is 5.97 Å². The van der Waals surface area contributed by atoms with E-state index in [9.17, 15) is 4.79 Å². The summed E-state index contributed by atoms with van der Waals surface area (Å²) in [6.45, 7) is 0. The second-order valence-corrected chi connectivity index (χ2v) is 5.67. The Kier molecular flexibility index (Phi) is 5.61. The van der Waals surface area contributed by atoms with E-state index >= 15 is 0 Å². The predicted molar refractivity (Wildman–Crippen MR) is 59.0 cm³/mol. The molecule has 14 heavy (non-hydrogen) atoms. The molecule has 0 amide bonds. The molecule has 0 bridgehead atoms. The maximum atomic E-state index is 10.8. The summed E-state index contributed by atoms with van der Waals surface area (Å²) in [6.07, 6.45) is 0.379. The van der Waals surface area contributed by atoms with E-state index in [1.165, 1.54) is 30.2 Å². The molecule has 0 aliphatic rings. The summed E-state index contributed by atoms with van der Waals surface area (Å²) in [6, 6.07) is 0. The zero-order chi connectivity index (χ0) is 10.4. The molecule has 1 aromatic heterocycles. The van der Waals surface area contributed by atoms with Gasteiger partial charge in [0.25, 0.3) is 0 Å². The van der Waals surface area contributed by atoms with Gasteiger partial charge >= 0.3 is 5.97 Å². The molecule has 0 saturated heterocycles. The molecule has 1 aromatic rings. The van der Waals surface area contributed by atoms with E-state index in [0.29, 0.717) is 16.5 Å². The Balaban J connectivity index is 2.27. The van der Waals surface area contributed by atoms with Crippen LogP contribution in [0.15, 0.2) is 8.68 Å². The minimum Gasteiger partial charge on any atom is -0.469 e. The highest BCUT2D eigenvalue weighted by Crippen LogP contribution is 2.30. The number of thioether (sulfide) groups is 1. The molecular weight excluding hydrogens is 264 g/mol. The van der Waals surface area contributed by atoms with Crippen molar-refractivity contribution in [2.75, 3.05) is 12.9 Å². The number of aromatic nitrogens is 2. The van der Waals surface area contributed by atoms with Crippen LogP contribution in [0.4, 0.5) is 0 Å². The largest absolute Gasteiger partial charge is 0.469 e. The van der Waals surface area contributed by atoms with Crippen LogP contribution in [0.1, 0.15) is 6.42 Å². The number of nitrogens with zero attached hydrogens (tertiary/aromatic N) is 2.